The van der Waals surface area contributed by atoms with Crippen LogP contribution in [0.1, 0.15) is 55.7 Å². The van der Waals surface area contributed by atoms with Gasteiger partial charge in [0, 0.05) is 6.54 Å². The van der Waals surface area contributed by atoms with E-state index in [1.807, 2.05) is 13.8 Å². The Balaban J connectivity index is 2.82. The number of carbonyl (C=O) groups is 2. The smallest absolute Gasteiger partial charge is 0.360 e. The highest BCUT2D eigenvalue weighted by Gasteiger charge is 2.23. The zero-order valence-corrected chi connectivity index (χ0v) is 12.5. The van der Waals surface area contributed by atoms with Crippen LogP contribution in [-0.4, -0.2) is 40.5 Å². The third-order valence-electron chi connectivity index (χ3n) is 2.84. The summed E-state index contributed by atoms with van der Waals surface area (Å²) in [6, 6.07) is 0. The van der Waals surface area contributed by atoms with Crippen molar-refractivity contribution in [2.24, 2.45) is 0 Å². The van der Waals surface area contributed by atoms with Gasteiger partial charge in [-0.25, -0.2) is 9.48 Å². The molecule has 1 rings (SSSR count). The summed E-state index contributed by atoms with van der Waals surface area (Å²) in [5, 5.41) is 10.5. The molecule has 0 aliphatic rings. The normalized spacial score (nSPS) is 10.7. The Labute approximate surface area is 118 Å². The van der Waals surface area contributed by atoms with Crippen LogP contribution in [0.25, 0.3) is 0 Å². The van der Waals surface area contributed by atoms with Gasteiger partial charge in [0.05, 0.1) is 12.8 Å². The summed E-state index contributed by atoms with van der Waals surface area (Å²) in [4.78, 5) is 23.4. The lowest BCUT2D eigenvalue weighted by atomic mass is 10.1. The highest BCUT2D eigenvalue weighted by atomic mass is 16.5. The minimum absolute atomic E-state index is 0.0162. The minimum atomic E-state index is -0.536. The molecule has 1 N–H and O–H groups in total. The molecule has 112 valence electrons. The number of nitrogens with zero attached hydrogens (tertiary/aromatic N) is 3. The van der Waals surface area contributed by atoms with Gasteiger partial charge in [-0.1, -0.05) is 32.4 Å². The van der Waals surface area contributed by atoms with Crippen LogP contribution in [0.3, 0.4) is 0 Å². The van der Waals surface area contributed by atoms with Crippen LogP contribution < -0.4 is 5.32 Å². The average Bonchev–Trinajstić information content (AvgIpc) is 2.81. The molecule has 0 atom stereocenters. The number of nitrogens with one attached hydrogen (secondary N) is 1. The standard InChI is InChI=1S/C13H22N4O3/c1-5-6-7-14-10(18)8-17-12(9(2)3)11(15-16-17)13(19)20-4/h9H,5-8H2,1-4H3,(H,14,18). The van der Waals surface area contributed by atoms with E-state index in [2.05, 4.69) is 27.3 Å². The molecule has 0 aliphatic carbocycles. The first-order valence-corrected chi connectivity index (χ1v) is 6.79. The molecule has 1 aromatic heterocycles. The molecule has 0 saturated heterocycles. The first kappa shape index (κ1) is 16.1. The predicted molar refractivity (Wildman–Crippen MR) is 73.4 cm³/mol. The SMILES string of the molecule is CCCCNC(=O)Cn1nnc(C(=O)OC)c1C(C)C. The van der Waals surface area contributed by atoms with Crippen molar-refractivity contribution >= 4 is 11.9 Å². The fourth-order valence-electron chi connectivity index (χ4n) is 1.85. The lowest BCUT2D eigenvalue weighted by Crippen LogP contribution is -2.29. The molecule has 0 saturated carbocycles. The van der Waals surface area contributed by atoms with E-state index in [-0.39, 0.29) is 24.1 Å². The van der Waals surface area contributed by atoms with Gasteiger partial charge in [0.1, 0.15) is 6.54 Å². The van der Waals surface area contributed by atoms with E-state index in [4.69, 9.17) is 0 Å². The van der Waals surface area contributed by atoms with E-state index in [1.165, 1.54) is 11.8 Å². The number of methoxy groups -OCH3 is 1. The number of esters is 1. The van der Waals surface area contributed by atoms with Crippen molar-refractivity contribution in [3.05, 3.63) is 11.4 Å². The number of carbonyl (C=O) groups excluding carboxylic acids is 2. The van der Waals surface area contributed by atoms with Crippen LogP contribution in [0.4, 0.5) is 0 Å². The summed E-state index contributed by atoms with van der Waals surface area (Å²) in [6.45, 7) is 6.59. The molecular weight excluding hydrogens is 260 g/mol. The van der Waals surface area contributed by atoms with E-state index in [9.17, 15) is 9.59 Å². The molecule has 1 amide bonds. The predicted octanol–water partition coefficient (Wildman–Crippen LogP) is 1.10. The number of hydrogen-bond donors (Lipinski definition) is 1. The summed E-state index contributed by atoms with van der Waals surface area (Å²) in [5.41, 5.74) is 0.784. The molecule has 1 aromatic rings. The van der Waals surface area contributed by atoms with Gasteiger partial charge in [-0.05, 0) is 12.3 Å². The van der Waals surface area contributed by atoms with Gasteiger partial charge in [-0.2, -0.15) is 0 Å². The van der Waals surface area contributed by atoms with Gasteiger partial charge in [0.25, 0.3) is 0 Å². The summed E-state index contributed by atoms with van der Waals surface area (Å²) in [6.07, 6.45) is 1.96. The Bertz CT molecular complexity index is 468. The molecule has 1 heterocycles. The average molecular weight is 282 g/mol. The Kier molecular flexibility index (Phi) is 6.14. The van der Waals surface area contributed by atoms with E-state index in [0.29, 0.717) is 12.2 Å². The van der Waals surface area contributed by atoms with Gasteiger partial charge in [-0.15, -0.1) is 5.10 Å². The monoisotopic (exact) mass is 282 g/mol. The van der Waals surface area contributed by atoms with Gasteiger partial charge >= 0.3 is 5.97 Å². The fraction of sp³-hybridized carbons (Fsp3) is 0.692. The molecule has 0 unspecified atom stereocenters. The summed E-state index contributed by atoms with van der Waals surface area (Å²) < 4.78 is 6.13. The number of unbranched alkanes of at least 4 members (excludes halogenated alkanes) is 1. The first-order chi connectivity index (χ1) is 9.51. The first-order valence-electron chi connectivity index (χ1n) is 6.79. The second kappa shape index (κ2) is 7.62. The molecule has 0 radical (unpaired) electrons. The van der Waals surface area contributed by atoms with Crippen LogP contribution in [-0.2, 0) is 16.1 Å². The van der Waals surface area contributed by atoms with Crippen LogP contribution >= 0.6 is 0 Å². The summed E-state index contributed by atoms with van der Waals surface area (Å²) in [7, 11) is 1.29. The molecule has 0 aromatic carbocycles. The maximum Gasteiger partial charge on any atom is 0.360 e. The lowest BCUT2D eigenvalue weighted by Gasteiger charge is -2.10. The van der Waals surface area contributed by atoms with Crippen LogP contribution in [0.5, 0.6) is 0 Å². The van der Waals surface area contributed by atoms with Crippen molar-refractivity contribution in [3.8, 4) is 0 Å². The zero-order chi connectivity index (χ0) is 15.1. The molecule has 20 heavy (non-hydrogen) atoms. The molecule has 0 fully saturated rings. The Morgan fingerprint density at radius 1 is 1.40 bits per heavy atom. The van der Waals surface area contributed by atoms with Crippen molar-refractivity contribution in [3.63, 3.8) is 0 Å². The third kappa shape index (κ3) is 4.04. The fourth-order valence-corrected chi connectivity index (χ4v) is 1.85. The van der Waals surface area contributed by atoms with Crippen LogP contribution in [0.2, 0.25) is 0 Å². The van der Waals surface area contributed by atoms with Gasteiger partial charge in [-0.3, -0.25) is 4.79 Å². The molecule has 0 aliphatic heterocycles. The Hall–Kier alpha value is -1.92. The van der Waals surface area contributed by atoms with Crippen molar-refractivity contribution in [2.45, 2.75) is 46.1 Å². The van der Waals surface area contributed by atoms with Crippen molar-refractivity contribution in [2.75, 3.05) is 13.7 Å². The third-order valence-corrected chi connectivity index (χ3v) is 2.84. The maximum atomic E-state index is 11.8. The number of rotatable bonds is 7. The van der Waals surface area contributed by atoms with Crippen LogP contribution in [0, 0.1) is 0 Å². The molecular formula is C13H22N4O3. The number of amides is 1. The molecule has 0 bridgehead atoms. The minimum Gasteiger partial charge on any atom is -0.464 e. The maximum absolute atomic E-state index is 11.8. The Morgan fingerprint density at radius 3 is 2.65 bits per heavy atom. The van der Waals surface area contributed by atoms with Crippen molar-refractivity contribution in [1.29, 1.82) is 0 Å². The number of aromatic nitrogens is 3. The van der Waals surface area contributed by atoms with E-state index < -0.39 is 5.97 Å². The second-order valence-corrected chi connectivity index (χ2v) is 4.83. The Morgan fingerprint density at radius 2 is 2.10 bits per heavy atom. The molecule has 7 nitrogen and oxygen atoms in total. The van der Waals surface area contributed by atoms with Gasteiger partial charge < -0.3 is 10.1 Å². The van der Waals surface area contributed by atoms with E-state index >= 15 is 0 Å². The summed E-state index contributed by atoms with van der Waals surface area (Å²) >= 11 is 0. The van der Waals surface area contributed by atoms with Gasteiger partial charge in [0.2, 0.25) is 5.91 Å². The topological polar surface area (TPSA) is 86.1 Å². The quantitative estimate of drug-likeness (QED) is 0.598. The zero-order valence-electron chi connectivity index (χ0n) is 12.5. The highest BCUT2D eigenvalue weighted by molar-refractivity contribution is 5.88. The van der Waals surface area contributed by atoms with Crippen molar-refractivity contribution in [1.82, 2.24) is 20.3 Å². The molecule has 7 heteroatoms. The van der Waals surface area contributed by atoms with E-state index in [0.717, 1.165) is 12.8 Å². The van der Waals surface area contributed by atoms with Crippen molar-refractivity contribution < 1.29 is 14.3 Å². The number of hydrogen-bond acceptors (Lipinski definition) is 5. The van der Waals surface area contributed by atoms with Gasteiger partial charge in [0.15, 0.2) is 5.69 Å². The highest BCUT2D eigenvalue weighted by Crippen LogP contribution is 2.18. The second-order valence-electron chi connectivity index (χ2n) is 4.83. The summed E-state index contributed by atoms with van der Waals surface area (Å²) in [5.74, 6) is -0.657. The van der Waals surface area contributed by atoms with Crippen LogP contribution in [0.15, 0.2) is 0 Å². The number of ether oxygens (including phenoxy) is 1. The molecule has 0 spiro atoms. The lowest BCUT2D eigenvalue weighted by molar-refractivity contribution is -0.121. The van der Waals surface area contributed by atoms with E-state index in [1.54, 1.807) is 0 Å². The largest absolute Gasteiger partial charge is 0.464 e.